The van der Waals surface area contributed by atoms with Gasteiger partial charge in [0.15, 0.2) is 6.10 Å². The van der Waals surface area contributed by atoms with Crippen LogP contribution in [-0.2, 0) is 20.7 Å². The molecule has 2 N–H and O–H groups in total. The second-order valence-corrected chi connectivity index (χ2v) is 7.56. The number of morpholine rings is 1. The first kappa shape index (κ1) is 17.7. The van der Waals surface area contributed by atoms with E-state index in [0.29, 0.717) is 0 Å². The highest BCUT2D eigenvalue weighted by Crippen LogP contribution is 2.39. The maximum absolute atomic E-state index is 13.0. The molecule has 4 rings (SSSR count). The van der Waals surface area contributed by atoms with Gasteiger partial charge in [-0.3, -0.25) is 9.59 Å². The Balaban J connectivity index is 1.49. The van der Waals surface area contributed by atoms with Gasteiger partial charge in [0.25, 0.3) is 5.91 Å². The Morgan fingerprint density at radius 1 is 1.15 bits per heavy atom. The highest BCUT2D eigenvalue weighted by molar-refractivity contribution is 5.87. The van der Waals surface area contributed by atoms with Crippen LogP contribution in [0.2, 0.25) is 0 Å². The van der Waals surface area contributed by atoms with Crippen LogP contribution in [0.4, 0.5) is 0 Å². The number of carbonyl (C=O) groups excluding carboxylic acids is 2. The van der Waals surface area contributed by atoms with Crippen molar-refractivity contribution < 1.29 is 14.3 Å². The first-order valence-electron chi connectivity index (χ1n) is 9.39. The molecule has 2 atom stereocenters. The molecular weight excluding hydrogens is 340 g/mol. The molecule has 0 spiro atoms. The predicted molar refractivity (Wildman–Crippen MR) is 102 cm³/mol. The largest absolute Gasteiger partial charge is 0.356 e. The first-order chi connectivity index (χ1) is 13.1. The van der Waals surface area contributed by atoms with Crippen molar-refractivity contribution in [2.75, 3.05) is 6.61 Å². The van der Waals surface area contributed by atoms with Gasteiger partial charge in [-0.15, -0.1) is 0 Å². The molecule has 1 aliphatic carbocycles. The maximum atomic E-state index is 13.0. The van der Waals surface area contributed by atoms with Crippen LogP contribution in [-0.4, -0.2) is 30.1 Å². The lowest BCUT2D eigenvalue weighted by Crippen LogP contribution is -2.54. The van der Waals surface area contributed by atoms with E-state index in [2.05, 4.69) is 29.7 Å². The van der Waals surface area contributed by atoms with Crippen LogP contribution in [0.5, 0.6) is 0 Å². The number of hydrogen-bond donors (Lipinski definition) is 2. The van der Waals surface area contributed by atoms with E-state index in [1.807, 2.05) is 42.5 Å². The number of rotatable bonds is 5. The number of benzene rings is 2. The van der Waals surface area contributed by atoms with Crippen molar-refractivity contribution in [1.29, 1.82) is 0 Å². The van der Waals surface area contributed by atoms with E-state index in [4.69, 9.17) is 4.74 Å². The topological polar surface area (TPSA) is 67.4 Å². The van der Waals surface area contributed by atoms with Gasteiger partial charge in [0.05, 0.1) is 6.04 Å². The van der Waals surface area contributed by atoms with Crippen molar-refractivity contribution in [2.24, 2.45) is 0 Å². The molecule has 140 valence electrons. The van der Waals surface area contributed by atoms with E-state index in [0.717, 1.165) is 24.8 Å². The number of nitrogens with one attached hydrogen (secondary N) is 2. The average Bonchev–Trinajstić information content (AvgIpc) is 3.43. The Bertz CT molecular complexity index is 846. The Labute approximate surface area is 159 Å². The molecule has 27 heavy (non-hydrogen) atoms. The summed E-state index contributed by atoms with van der Waals surface area (Å²) in [6, 6.07) is 17.3. The summed E-state index contributed by atoms with van der Waals surface area (Å²) in [4.78, 5) is 24.9. The summed E-state index contributed by atoms with van der Waals surface area (Å²) < 4.78 is 5.64. The lowest BCUT2D eigenvalue weighted by atomic mass is 9.97. The Morgan fingerprint density at radius 2 is 1.85 bits per heavy atom. The predicted octanol–water partition coefficient (Wildman–Crippen LogP) is 2.44. The highest BCUT2D eigenvalue weighted by atomic mass is 16.5. The smallest absolute Gasteiger partial charge is 0.252 e. The molecule has 2 aromatic carbocycles. The fourth-order valence-corrected chi connectivity index (χ4v) is 3.70. The van der Waals surface area contributed by atoms with Gasteiger partial charge < -0.3 is 15.4 Å². The summed E-state index contributed by atoms with van der Waals surface area (Å²) >= 11 is 0. The van der Waals surface area contributed by atoms with Crippen LogP contribution >= 0.6 is 0 Å². The Morgan fingerprint density at radius 3 is 2.56 bits per heavy atom. The third-order valence-corrected chi connectivity index (χ3v) is 5.46. The van der Waals surface area contributed by atoms with Gasteiger partial charge in [0, 0.05) is 5.54 Å². The summed E-state index contributed by atoms with van der Waals surface area (Å²) in [5.41, 5.74) is 3.17. The molecule has 2 aliphatic rings. The van der Waals surface area contributed by atoms with Gasteiger partial charge in [-0.25, -0.2) is 0 Å². The van der Waals surface area contributed by atoms with E-state index in [9.17, 15) is 9.59 Å². The molecule has 0 unspecified atom stereocenters. The second-order valence-electron chi connectivity index (χ2n) is 7.56. The molecule has 5 heteroatoms. The first-order valence-corrected chi connectivity index (χ1v) is 9.39. The SMILES string of the molecule is Cc1ccccc1CC1(NC(=O)[C@H]2OCC(=O)N[C@@H]2c2ccccc2)CC1. The molecule has 1 aliphatic heterocycles. The zero-order valence-corrected chi connectivity index (χ0v) is 15.4. The monoisotopic (exact) mass is 364 g/mol. The van der Waals surface area contributed by atoms with Crippen LogP contribution in [0, 0.1) is 6.92 Å². The minimum atomic E-state index is -0.723. The fourth-order valence-electron chi connectivity index (χ4n) is 3.70. The number of amides is 2. The summed E-state index contributed by atoms with van der Waals surface area (Å²) in [5.74, 6) is -0.358. The van der Waals surface area contributed by atoms with Crippen molar-refractivity contribution in [3.8, 4) is 0 Å². The Hall–Kier alpha value is -2.66. The number of aryl methyl sites for hydroxylation is 1. The maximum Gasteiger partial charge on any atom is 0.252 e. The van der Waals surface area contributed by atoms with Gasteiger partial charge >= 0.3 is 0 Å². The van der Waals surface area contributed by atoms with Crippen molar-refractivity contribution in [3.63, 3.8) is 0 Å². The summed E-state index contributed by atoms with van der Waals surface area (Å²) in [5, 5.41) is 6.12. The number of carbonyl (C=O) groups is 2. The lowest BCUT2D eigenvalue weighted by molar-refractivity contribution is -0.148. The Kier molecular flexibility index (Phi) is 4.70. The molecule has 2 fully saturated rings. The van der Waals surface area contributed by atoms with Gasteiger partial charge in [0.1, 0.15) is 6.61 Å². The van der Waals surface area contributed by atoms with Crippen molar-refractivity contribution in [1.82, 2.24) is 10.6 Å². The van der Waals surface area contributed by atoms with Crippen LogP contribution in [0.25, 0.3) is 0 Å². The molecule has 2 amide bonds. The second kappa shape index (κ2) is 7.16. The standard InChI is InChI=1S/C22H24N2O3/c1-15-7-5-6-10-17(15)13-22(11-12-22)24-21(26)20-19(23-18(25)14-27-20)16-8-3-2-4-9-16/h2-10,19-20H,11-14H2,1H3,(H,23,25)(H,24,26)/t19-,20+/m1/s1. The third-order valence-electron chi connectivity index (χ3n) is 5.46. The molecule has 0 radical (unpaired) electrons. The highest BCUT2D eigenvalue weighted by Gasteiger charge is 2.47. The van der Waals surface area contributed by atoms with Gasteiger partial charge in [-0.2, -0.15) is 0 Å². The van der Waals surface area contributed by atoms with Crippen LogP contribution < -0.4 is 10.6 Å². The lowest BCUT2D eigenvalue weighted by Gasteiger charge is -2.33. The van der Waals surface area contributed by atoms with E-state index in [-0.39, 0.29) is 24.0 Å². The molecule has 1 heterocycles. The summed E-state index contributed by atoms with van der Waals surface area (Å²) in [7, 11) is 0. The molecule has 0 aromatic heterocycles. The van der Waals surface area contributed by atoms with E-state index in [1.54, 1.807) is 0 Å². The van der Waals surface area contributed by atoms with Gasteiger partial charge in [0.2, 0.25) is 5.91 Å². The number of ether oxygens (including phenoxy) is 1. The third kappa shape index (κ3) is 3.88. The average molecular weight is 364 g/mol. The number of hydrogen-bond acceptors (Lipinski definition) is 3. The van der Waals surface area contributed by atoms with Crippen molar-refractivity contribution in [2.45, 2.75) is 43.9 Å². The molecule has 5 nitrogen and oxygen atoms in total. The molecular formula is C22H24N2O3. The van der Waals surface area contributed by atoms with Crippen LogP contribution in [0.15, 0.2) is 54.6 Å². The summed E-state index contributed by atoms with van der Waals surface area (Å²) in [6.07, 6.45) is 2.02. The van der Waals surface area contributed by atoms with E-state index >= 15 is 0 Å². The quantitative estimate of drug-likeness (QED) is 0.856. The minimum Gasteiger partial charge on any atom is -0.356 e. The minimum absolute atomic E-state index is 0.0911. The van der Waals surface area contributed by atoms with Gasteiger partial charge in [-0.05, 0) is 42.9 Å². The van der Waals surface area contributed by atoms with Crippen LogP contribution in [0.1, 0.15) is 35.6 Å². The molecule has 1 saturated carbocycles. The van der Waals surface area contributed by atoms with Crippen LogP contribution in [0.3, 0.4) is 0 Å². The molecule has 0 bridgehead atoms. The molecule has 1 saturated heterocycles. The van der Waals surface area contributed by atoms with Gasteiger partial charge in [-0.1, -0.05) is 54.6 Å². The zero-order valence-electron chi connectivity index (χ0n) is 15.4. The van der Waals surface area contributed by atoms with E-state index < -0.39 is 12.1 Å². The fraction of sp³-hybridized carbons (Fsp3) is 0.364. The van der Waals surface area contributed by atoms with Crippen molar-refractivity contribution >= 4 is 11.8 Å². The van der Waals surface area contributed by atoms with Crippen molar-refractivity contribution in [3.05, 3.63) is 71.3 Å². The zero-order chi connectivity index (χ0) is 18.9. The summed E-state index contributed by atoms with van der Waals surface area (Å²) in [6.45, 7) is 2.00. The normalized spacial score (nSPS) is 23.4. The molecule has 2 aromatic rings. The van der Waals surface area contributed by atoms with E-state index in [1.165, 1.54) is 11.1 Å².